The van der Waals surface area contributed by atoms with Gasteiger partial charge < -0.3 is 10.2 Å². The molecule has 152 valence electrons. The maximum absolute atomic E-state index is 13.0. The molecule has 0 saturated heterocycles. The second-order valence-corrected chi connectivity index (χ2v) is 8.33. The summed E-state index contributed by atoms with van der Waals surface area (Å²) in [5.41, 5.74) is -0.519. The summed E-state index contributed by atoms with van der Waals surface area (Å²) in [7, 11) is -4.16. The van der Waals surface area contributed by atoms with Crippen LogP contribution in [-0.4, -0.2) is 36.9 Å². The minimum atomic E-state index is -4.52. The summed E-state index contributed by atoms with van der Waals surface area (Å²) in [4.78, 5) is -0.242. The Hall–Kier alpha value is -2.01. The van der Waals surface area contributed by atoms with Crippen LogP contribution in [-0.2, 0) is 16.2 Å². The molecule has 0 heterocycles. The highest BCUT2D eigenvalue weighted by molar-refractivity contribution is 7.89. The molecule has 0 bridgehead atoms. The van der Waals surface area contributed by atoms with Gasteiger partial charge in [0, 0.05) is 5.92 Å². The third kappa shape index (κ3) is 4.19. The Balaban J connectivity index is 1.88. The van der Waals surface area contributed by atoms with E-state index in [-0.39, 0.29) is 11.3 Å². The Morgan fingerprint density at radius 2 is 1.54 bits per heavy atom. The van der Waals surface area contributed by atoms with Crippen LogP contribution in [0, 0.1) is 5.82 Å². The van der Waals surface area contributed by atoms with Gasteiger partial charge in [0.05, 0.1) is 28.7 Å². The predicted octanol–water partition coefficient (Wildman–Crippen LogP) is 2.40. The van der Waals surface area contributed by atoms with E-state index in [1.165, 1.54) is 12.1 Å². The van der Waals surface area contributed by atoms with E-state index >= 15 is 0 Å². The van der Waals surface area contributed by atoms with Crippen molar-refractivity contribution >= 4 is 10.0 Å². The monoisotopic (exact) mass is 419 g/mol. The van der Waals surface area contributed by atoms with E-state index in [4.69, 9.17) is 0 Å². The molecule has 5 nitrogen and oxygen atoms in total. The van der Waals surface area contributed by atoms with Crippen molar-refractivity contribution in [2.45, 2.75) is 41.7 Å². The van der Waals surface area contributed by atoms with E-state index in [0.29, 0.717) is 5.56 Å². The first kappa shape index (κ1) is 20.7. The lowest BCUT2D eigenvalue weighted by atomic mass is 9.93. The number of hydrogen-bond donors (Lipinski definition) is 3. The summed E-state index contributed by atoms with van der Waals surface area (Å²) in [6, 6.07) is 6.95. The molecule has 3 rings (SSSR count). The lowest BCUT2D eigenvalue weighted by molar-refractivity contribution is -0.137. The number of benzene rings is 2. The van der Waals surface area contributed by atoms with Crippen LogP contribution in [0.25, 0.3) is 0 Å². The molecule has 1 saturated carbocycles. The molecular weight excluding hydrogens is 402 g/mol. The molecule has 1 aliphatic rings. The maximum atomic E-state index is 13.0. The summed E-state index contributed by atoms with van der Waals surface area (Å²) in [5, 5.41) is 20.2. The molecule has 10 heteroatoms. The number of aliphatic hydroxyl groups excluding tert-OH is 2. The molecule has 2 aromatic carbocycles. The highest BCUT2D eigenvalue weighted by Gasteiger charge is 2.44. The molecule has 28 heavy (non-hydrogen) atoms. The number of sulfonamides is 1. The lowest BCUT2D eigenvalue weighted by Crippen LogP contribution is -2.45. The highest BCUT2D eigenvalue weighted by atomic mass is 32.2. The van der Waals surface area contributed by atoms with Crippen LogP contribution in [0.1, 0.15) is 23.5 Å². The van der Waals surface area contributed by atoms with Crippen LogP contribution < -0.4 is 4.72 Å². The standard InChI is InChI=1S/C18H17F4NO4S/c19-12-5-7-13(8-6-12)28(26,27)23-16-14(9-15(24)17(16)25)10-1-3-11(4-2-10)18(20,21)22/h1-8,14-17,23-25H,9H2. The first-order valence-electron chi connectivity index (χ1n) is 8.30. The third-order valence-electron chi connectivity index (χ3n) is 4.77. The van der Waals surface area contributed by atoms with Crippen LogP contribution in [0.3, 0.4) is 0 Å². The van der Waals surface area contributed by atoms with Crippen LogP contribution in [0.5, 0.6) is 0 Å². The van der Waals surface area contributed by atoms with E-state index in [2.05, 4.69) is 4.72 Å². The van der Waals surface area contributed by atoms with Gasteiger partial charge in [0.15, 0.2) is 0 Å². The van der Waals surface area contributed by atoms with Crippen LogP contribution in [0.4, 0.5) is 17.6 Å². The largest absolute Gasteiger partial charge is 0.416 e. The fraction of sp³-hybridized carbons (Fsp3) is 0.333. The van der Waals surface area contributed by atoms with Gasteiger partial charge in [-0.25, -0.2) is 17.5 Å². The number of rotatable bonds is 4. The van der Waals surface area contributed by atoms with Crippen molar-refractivity contribution in [3.63, 3.8) is 0 Å². The Bertz CT molecular complexity index is 930. The lowest BCUT2D eigenvalue weighted by Gasteiger charge is -2.24. The van der Waals surface area contributed by atoms with Gasteiger partial charge in [0.1, 0.15) is 5.82 Å². The zero-order chi connectivity index (χ0) is 20.7. The quantitative estimate of drug-likeness (QED) is 0.665. The van der Waals surface area contributed by atoms with Crippen molar-refractivity contribution < 1.29 is 36.2 Å². The second kappa shape index (κ2) is 7.43. The van der Waals surface area contributed by atoms with Gasteiger partial charge in [0.25, 0.3) is 0 Å². The van der Waals surface area contributed by atoms with Crippen LogP contribution in [0.15, 0.2) is 53.4 Å². The first-order chi connectivity index (χ1) is 13.0. The molecular formula is C18H17F4NO4S. The Morgan fingerprint density at radius 3 is 2.07 bits per heavy atom. The summed E-state index contributed by atoms with van der Waals surface area (Å²) in [5.74, 6) is -1.37. The van der Waals surface area contributed by atoms with Crippen LogP contribution in [0.2, 0.25) is 0 Å². The third-order valence-corrected chi connectivity index (χ3v) is 6.25. The summed E-state index contributed by atoms with van der Waals surface area (Å²) in [6.07, 6.45) is -7.27. The van der Waals surface area contributed by atoms with Crippen LogP contribution >= 0.6 is 0 Å². The molecule has 1 fully saturated rings. The van der Waals surface area contributed by atoms with Crippen molar-refractivity contribution in [1.29, 1.82) is 0 Å². The molecule has 1 aliphatic carbocycles. The fourth-order valence-electron chi connectivity index (χ4n) is 3.30. The normalized spacial score (nSPS) is 25.8. The zero-order valence-electron chi connectivity index (χ0n) is 14.3. The van der Waals surface area contributed by atoms with Gasteiger partial charge in [-0.3, -0.25) is 0 Å². The van der Waals surface area contributed by atoms with Gasteiger partial charge in [-0.05, 0) is 48.4 Å². The number of halogens is 4. The number of nitrogens with one attached hydrogen (secondary N) is 1. The fourth-order valence-corrected chi connectivity index (χ4v) is 4.59. The van der Waals surface area contributed by atoms with Gasteiger partial charge in [-0.1, -0.05) is 12.1 Å². The average Bonchev–Trinajstić information content (AvgIpc) is 2.89. The van der Waals surface area contributed by atoms with Gasteiger partial charge in [-0.2, -0.15) is 13.2 Å². The van der Waals surface area contributed by atoms with E-state index in [1.54, 1.807) is 0 Å². The minimum Gasteiger partial charge on any atom is -0.390 e. The SMILES string of the molecule is O=S(=O)(NC1C(c2ccc(C(F)(F)F)cc2)CC(O)C1O)c1ccc(F)cc1. The molecule has 0 aromatic heterocycles. The summed E-state index contributed by atoms with van der Waals surface area (Å²) in [6.45, 7) is 0. The van der Waals surface area contributed by atoms with E-state index in [9.17, 15) is 36.2 Å². The molecule has 0 amide bonds. The van der Waals surface area contributed by atoms with Gasteiger partial charge >= 0.3 is 6.18 Å². The van der Waals surface area contributed by atoms with E-state index in [1.807, 2.05) is 0 Å². The molecule has 0 radical (unpaired) electrons. The van der Waals surface area contributed by atoms with Crippen molar-refractivity contribution in [2.75, 3.05) is 0 Å². The molecule has 0 spiro atoms. The zero-order valence-corrected chi connectivity index (χ0v) is 15.1. The second-order valence-electron chi connectivity index (χ2n) is 6.62. The number of hydrogen-bond acceptors (Lipinski definition) is 4. The highest BCUT2D eigenvalue weighted by Crippen LogP contribution is 2.37. The van der Waals surface area contributed by atoms with E-state index < -0.39 is 51.7 Å². The van der Waals surface area contributed by atoms with Crippen molar-refractivity contribution in [2.24, 2.45) is 0 Å². The maximum Gasteiger partial charge on any atom is 0.416 e. The van der Waals surface area contributed by atoms with Crippen molar-refractivity contribution in [3.8, 4) is 0 Å². The topological polar surface area (TPSA) is 86.6 Å². The molecule has 3 N–H and O–H groups in total. The molecule has 4 atom stereocenters. The predicted molar refractivity (Wildman–Crippen MR) is 91.3 cm³/mol. The molecule has 4 unspecified atom stereocenters. The van der Waals surface area contributed by atoms with Gasteiger partial charge in [-0.15, -0.1) is 0 Å². The number of alkyl halides is 3. The van der Waals surface area contributed by atoms with Crippen molar-refractivity contribution in [1.82, 2.24) is 4.72 Å². The Kier molecular flexibility index (Phi) is 5.50. The Labute approximate surface area is 158 Å². The molecule has 2 aromatic rings. The smallest absolute Gasteiger partial charge is 0.390 e. The molecule has 0 aliphatic heterocycles. The average molecular weight is 419 g/mol. The van der Waals surface area contributed by atoms with Gasteiger partial charge in [0.2, 0.25) is 10.0 Å². The van der Waals surface area contributed by atoms with Crippen molar-refractivity contribution in [3.05, 3.63) is 65.5 Å². The number of aliphatic hydroxyl groups is 2. The summed E-state index contributed by atoms with van der Waals surface area (Å²) >= 11 is 0. The van der Waals surface area contributed by atoms with E-state index in [0.717, 1.165) is 36.4 Å². The minimum absolute atomic E-state index is 0.0386. The first-order valence-corrected chi connectivity index (χ1v) is 9.78. The Morgan fingerprint density at radius 1 is 0.964 bits per heavy atom. The summed E-state index contributed by atoms with van der Waals surface area (Å²) < 4.78 is 78.6.